The SMILES string of the molecule is O=C(C1CCC1)N1CC[C@@H]2CN(CCc3ccccc3)S(=O)(=O)[C@@H]2CC1. The molecule has 26 heavy (non-hydrogen) atoms. The van der Waals surface area contributed by atoms with Crippen LogP contribution in [0.5, 0.6) is 0 Å². The Hall–Kier alpha value is -1.40. The molecule has 3 fully saturated rings. The maximum atomic E-state index is 13.0. The van der Waals surface area contributed by atoms with Gasteiger partial charge >= 0.3 is 0 Å². The number of hydrogen-bond acceptors (Lipinski definition) is 3. The van der Waals surface area contributed by atoms with Gasteiger partial charge in [-0.3, -0.25) is 4.79 Å². The fraction of sp³-hybridized carbons (Fsp3) is 0.650. The molecule has 142 valence electrons. The first-order chi connectivity index (χ1) is 12.6. The van der Waals surface area contributed by atoms with Gasteiger partial charge in [-0.2, -0.15) is 0 Å². The van der Waals surface area contributed by atoms with E-state index in [9.17, 15) is 13.2 Å². The minimum absolute atomic E-state index is 0.162. The summed E-state index contributed by atoms with van der Waals surface area (Å²) in [6.45, 7) is 2.50. The molecule has 2 atom stereocenters. The van der Waals surface area contributed by atoms with E-state index in [-0.39, 0.29) is 23.0 Å². The summed E-state index contributed by atoms with van der Waals surface area (Å²) in [5.74, 6) is 0.622. The van der Waals surface area contributed by atoms with E-state index >= 15 is 0 Å². The molecular weight excluding hydrogens is 348 g/mol. The largest absolute Gasteiger partial charge is 0.342 e. The molecule has 0 radical (unpaired) electrons. The van der Waals surface area contributed by atoms with Crippen LogP contribution in [-0.4, -0.2) is 55.0 Å². The Balaban J connectivity index is 1.38. The second-order valence-corrected chi connectivity index (χ2v) is 10.1. The molecule has 0 N–H and O–H groups in total. The summed E-state index contributed by atoms with van der Waals surface area (Å²) >= 11 is 0. The third-order valence-electron chi connectivity index (χ3n) is 6.42. The van der Waals surface area contributed by atoms with Crippen LogP contribution >= 0.6 is 0 Å². The van der Waals surface area contributed by atoms with Gasteiger partial charge in [0.15, 0.2) is 0 Å². The summed E-state index contributed by atoms with van der Waals surface area (Å²) < 4.78 is 27.7. The van der Waals surface area contributed by atoms with Gasteiger partial charge in [-0.05, 0) is 43.6 Å². The molecule has 0 unspecified atom stereocenters. The molecule has 4 rings (SSSR count). The van der Waals surface area contributed by atoms with Crippen LogP contribution in [0, 0.1) is 11.8 Å². The zero-order valence-corrected chi connectivity index (χ0v) is 16.0. The van der Waals surface area contributed by atoms with Gasteiger partial charge in [-0.25, -0.2) is 12.7 Å². The van der Waals surface area contributed by atoms with Crippen LogP contribution in [-0.2, 0) is 21.2 Å². The summed E-state index contributed by atoms with van der Waals surface area (Å²) in [4.78, 5) is 14.4. The summed E-state index contributed by atoms with van der Waals surface area (Å²) in [6, 6.07) is 10.1. The van der Waals surface area contributed by atoms with Crippen molar-refractivity contribution in [1.82, 2.24) is 9.21 Å². The predicted octanol–water partition coefficient (Wildman–Crippen LogP) is 2.28. The summed E-state index contributed by atoms with van der Waals surface area (Å²) in [5.41, 5.74) is 1.17. The van der Waals surface area contributed by atoms with E-state index in [4.69, 9.17) is 0 Å². The van der Waals surface area contributed by atoms with Gasteiger partial charge in [-0.15, -0.1) is 0 Å². The number of sulfonamides is 1. The molecule has 2 heterocycles. The minimum atomic E-state index is -3.25. The van der Waals surface area contributed by atoms with Gasteiger partial charge in [0.2, 0.25) is 15.9 Å². The molecule has 1 aromatic carbocycles. The second-order valence-electron chi connectivity index (χ2n) is 7.97. The van der Waals surface area contributed by atoms with Crippen LogP contribution in [0.4, 0.5) is 0 Å². The fourth-order valence-corrected chi connectivity index (χ4v) is 6.79. The normalized spacial score (nSPS) is 29.0. The van der Waals surface area contributed by atoms with Crippen molar-refractivity contribution in [3.05, 3.63) is 35.9 Å². The highest BCUT2D eigenvalue weighted by Gasteiger charge is 2.47. The maximum absolute atomic E-state index is 13.0. The molecule has 0 bridgehead atoms. The van der Waals surface area contributed by atoms with E-state index in [1.54, 1.807) is 4.31 Å². The first kappa shape index (κ1) is 18.0. The van der Waals surface area contributed by atoms with Crippen LogP contribution < -0.4 is 0 Å². The predicted molar refractivity (Wildman–Crippen MR) is 101 cm³/mol. The molecule has 5 nitrogen and oxygen atoms in total. The molecule has 1 amide bonds. The summed E-state index contributed by atoms with van der Waals surface area (Å²) in [6.07, 6.45) is 5.32. The van der Waals surface area contributed by atoms with Gasteiger partial charge in [-0.1, -0.05) is 36.8 Å². The van der Waals surface area contributed by atoms with Crippen molar-refractivity contribution in [3.63, 3.8) is 0 Å². The third-order valence-corrected chi connectivity index (χ3v) is 8.86. The van der Waals surface area contributed by atoms with Crippen LogP contribution in [0.1, 0.15) is 37.7 Å². The number of carbonyl (C=O) groups excluding carboxylic acids is 1. The van der Waals surface area contributed by atoms with Crippen molar-refractivity contribution in [2.75, 3.05) is 26.2 Å². The third kappa shape index (κ3) is 3.41. The van der Waals surface area contributed by atoms with Gasteiger partial charge < -0.3 is 4.90 Å². The maximum Gasteiger partial charge on any atom is 0.225 e. The number of amides is 1. The lowest BCUT2D eigenvalue weighted by Crippen LogP contribution is -2.40. The highest BCUT2D eigenvalue weighted by atomic mass is 32.2. The van der Waals surface area contributed by atoms with E-state index < -0.39 is 10.0 Å². The molecular formula is C20H28N2O3S. The smallest absolute Gasteiger partial charge is 0.225 e. The lowest BCUT2D eigenvalue weighted by atomic mass is 9.84. The average molecular weight is 377 g/mol. The van der Waals surface area contributed by atoms with Gasteiger partial charge in [0.1, 0.15) is 0 Å². The molecule has 1 aliphatic carbocycles. The van der Waals surface area contributed by atoms with Crippen molar-refractivity contribution < 1.29 is 13.2 Å². The number of benzene rings is 1. The minimum Gasteiger partial charge on any atom is -0.342 e. The van der Waals surface area contributed by atoms with Crippen molar-refractivity contribution in [3.8, 4) is 0 Å². The van der Waals surface area contributed by atoms with E-state index in [1.807, 2.05) is 35.2 Å². The fourth-order valence-electron chi connectivity index (χ4n) is 4.55. The molecule has 1 aromatic rings. The van der Waals surface area contributed by atoms with Crippen LogP contribution in [0.15, 0.2) is 30.3 Å². The molecule has 0 spiro atoms. The number of carbonyl (C=O) groups is 1. The Bertz CT molecular complexity index is 746. The molecule has 6 heteroatoms. The summed E-state index contributed by atoms with van der Waals surface area (Å²) in [5, 5.41) is -0.308. The molecule has 2 saturated heterocycles. The average Bonchev–Trinajstić information content (AvgIpc) is 2.74. The number of hydrogen-bond donors (Lipinski definition) is 0. The topological polar surface area (TPSA) is 57.7 Å². The number of nitrogens with zero attached hydrogens (tertiary/aromatic N) is 2. The van der Waals surface area contributed by atoms with E-state index in [1.165, 1.54) is 5.56 Å². The van der Waals surface area contributed by atoms with Crippen LogP contribution in [0.25, 0.3) is 0 Å². The van der Waals surface area contributed by atoms with E-state index in [2.05, 4.69) is 0 Å². The Morgan fingerprint density at radius 2 is 1.77 bits per heavy atom. The van der Waals surface area contributed by atoms with Gasteiger partial charge in [0, 0.05) is 32.1 Å². The molecule has 0 aromatic heterocycles. The quantitative estimate of drug-likeness (QED) is 0.810. The zero-order chi connectivity index (χ0) is 18.1. The van der Waals surface area contributed by atoms with Crippen molar-refractivity contribution >= 4 is 15.9 Å². The highest BCUT2D eigenvalue weighted by Crippen LogP contribution is 2.36. The second kappa shape index (κ2) is 7.31. The van der Waals surface area contributed by atoms with Gasteiger partial charge in [0.05, 0.1) is 5.25 Å². The molecule has 3 aliphatic rings. The number of likely N-dealkylation sites (tertiary alicyclic amines) is 1. The lowest BCUT2D eigenvalue weighted by molar-refractivity contribution is -0.138. The standard InChI is InChI=1S/C20H28N2O3S/c23-20(17-7-4-8-17)21-12-10-18-15-22(26(24,25)19(18)11-13-21)14-9-16-5-2-1-3-6-16/h1-3,5-6,17-19H,4,7-15H2/t18-,19-/m1/s1. The highest BCUT2D eigenvalue weighted by molar-refractivity contribution is 7.90. The van der Waals surface area contributed by atoms with Crippen molar-refractivity contribution in [2.24, 2.45) is 11.8 Å². The Morgan fingerprint density at radius 1 is 1.04 bits per heavy atom. The molecule has 2 aliphatic heterocycles. The first-order valence-electron chi connectivity index (χ1n) is 9.87. The lowest BCUT2D eigenvalue weighted by Gasteiger charge is -2.31. The zero-order valence-electron chi connectivity index (χ0n) is 15.2. The Labute approximate surface area is 156 Å². The van der Waals surface area contributed by atoms with Crippen molar-refractivity contribution in [2.45, 2.75) is 43.8 Å². The van der Waals surface area contributed by atoms with E-state index in [0.717, 1.165) is 38.6 Å². The van der Waals surface area contributed by atoms with Crippen LogP contribution in [0.3, 0.4) is 0 Å². The summed E-state index contributed by atoms with van der Waals surface area (Å²) in [7, 11) is -3.25. The monoisotopic (exact) mass is 376 g/mol. The number of rotatable bonds is 4. The first-order valence-corrected chi connectivity index (χ1v) is 11.4. The Morgan fingerprint density at radius 3 is 2.46 bits per heavy atom. The number of fused-ring (bicyclic) bond motifs is 1. The van der Waals surface area contributed by atoms with Gasteiger partial charge in [0.25, 0.3) is 0 Å². The Kier molecular flexibility index (Phi) is 5.06. The van der Waals surface area contributed by atoms with E-state index in [0.29, 0.717) is 26.1 Å². The van der Waals surface area contributed by atoms with Crippen LogP contribution in [0.2, 0.25) is 0 Å². The van der Waals surface area contributed by atoms with Crippen molar-refractivity contribution in [1.29, 1.82) is 0 Å². The molecule has 1 saturated carbocycles.